The highest BCUT2D eigenvalue weighted by Crippen LogP contribution is 2.15. The highest BCUT2D eigenvalue weighted by molar-refractivity contribution is 5.75. The summed E-state index contributed by atoms with van der Waals surface area (Å²) < 4.78 is 5.52. The summed E-state index contributed by atoms with van der Waals surface area (Å²) in [5.41, 5.74) is 0. The minimum Gasteiger partial charge on any atom is -0.463 e. The van der Waals surface area contributed by atoms with Gasteiger partial charge in [0.2, 0.25) is 0 Å². The van der Waals surface area contributed by atoms with Gasteiger partial charge in [0.05, 0.1) is 6.04 Å². The molecule has 2 heterocycles. The maximum atomic E-state index is 5.52. The van der Waals surface area contributed by atoms with Crippen LogP contribution in [0.15, 0.2) is 4.99 Å². The van der Waals surface area contributed by atoms with E-state index in [1.54, 1.807) is 0 Å². The lowest BCUT2D eigenvalue weighted by Gasteiger charge is -2.14. The molecule has 0 aliphatic carbocycles. The van der Waals surface area contributed by atoms with Crippen molar-refractivity contribution in [1.82, 2.24) is 4.90 Å². The van der Waals surface area contributed by atoms with E-state index in [1.165, 1.54) is 12.8 Å². The van der Waals surface area contributed by atoms with Crippen molar-refractivity contribution < 1.29 is 4.74 Å². The van der Waals surface area contributed by atoms with Crippen molar-refractivity contribution >= 4 is 6.02 Å². The van der Waals surface area contributed by atoms with Crippen molar-refractivity contribution in [3.63, 3.8) is 0 Å². The van der Waals surface area contributed by atoms with Crippen molar-refractivity contribution in [2.75, 3.05) is 19.7 Å². The summed E-state index contributed by atoms with van der Waals surface area (Å²) in [4.78, 5) is 6.77. The van der Waals surface area contributed by atoms with Gasteiger partial charge >= 0.3 is 0 Å². The molecule has 0 radical (unpaired) electrons. The molecule has 0 amide bonds. The van der Waals surface area contributed by atoms with Crippen LogP contribution < -0.4 is 0 Å². The number of hydrogen-bond acceptors (Lipinski definition) is 3. The summed E-state index contributed by atoms with van der Waals surface area (Å²) in [6.07, 6.45) is 3.68. The van der Waals surface area contributed by atoms with Crippen LogP contribution in [0.2, 0.25) is 0 Å². The fourth-order valence-electron chi connectivity index (χ4n) is 1.69. The Kier molecular flexibility index (Phi) is 2.19. The molecule has 12 heavy (non-hydrogen) atoms. The first-order chi connectivity index (χ1) is 5.90. The highest BCUT2D eigenvalue weighted by Gasteiger charge is 2.24. The molecule has 1 saturated heterocycles. The molecule has 0 aromatic heterocycles. The fraction of sp³-hybridized carbons (Fsp3) is 0.889. The second-order valence-corrected chi connectivity index (χ2v) is 3.48. The molecule has 0 aromatic carbocycles. The predicted molar refractivity (Wildman–Crippen MR) is 48.3 cm³/mol. The van der Waals surface area contributed by atoms with Gasteiger partial charge in [0.15, 0.2) is 0 Å². The molecule has 0 N–H and O–H groups in total. The molecular formula is C9H16N2O. The van der Waals surface area contributed by atoms with Crippen LogP contribution in [0.25, 0.3) is 0 Å². The summed E-state index contributed by atoms with van der Waals surface area (Å²) in [5.74, 6) is 0. The lowest BCUT2D eigenvalue weighted by Crippen LogP contribution is -2.27. The van der Waals surface area contributed by atoms with Gasteiger partial charge in [-0.3, -0.25) is 0 Å². The SMILES string of the molecule is CC[C@@H]1COC(N2CCCC2)=N1. The molecule has 3 heteroatoms. The Morgan fingerprint density at radius 1 is 1.50 bits per heavy atom. The highest BCUT2D eigenvalue weighted by atomic mass is 16.5. The third-order valence-corrected chi connectivity index (χ3v) is 2.55. The number of nitrogens with zero attached hydrogens (tertiary/aromatic N) is 2. The Bertz CT molecular complexity index is 185. The van der Waals surface area contributed by atoms with Gasteiger partial charge in [0, 0.05) is 13.1 Å². The topological polar surface area (TPSA) is 24.8 Å². The van der Waals surface area contributed by atoms with Crippen LogP contribution in [0.4, 0.5) is 0 Å². The zero-order valence-electron chi connectivity index (χ0n) is 7.62. The van der Waals surface area contributed by atoms with Gasteiger partial charge < -0.3 is 9.64 Å². The van der Waals surface area contributed by atoms with Gasteiger partial charge in [-0.15, -0.1) is 0 Å². The Balaban J connectivity index is 1.95. The van der Waals surface area contributed by atoms with E-state index >= 15 is 0 Å². The van der Waals surface area contributed by atoms with Crippen LogP contribution in [-0.2, 0) is 4.74 Å². The monoisotopic (exact) mass is 168 g/mol. The van der Waals surface area contributed by atoms with Crippen LogP contribution in [-0.4, -0.2) is 36.7 Å². The van der Waals surface area contributed by atoms with E-state index in [9.17, 15) is 0 Å². The normalized spacial score (nSPS) is 28.9. The van der Waals surface area contributed by atoms with Gasteiger partial charge in [-0.05, 0) is 19.3 Å². The Morgan fingerprint density at radius 2 is 2.25 bits per heavy atom. The van der Waals surface area contributed by atoms with Gasteiger partial charge in [0.25, 0.3) is 6.02 Å². The summed E-state index contributed by atoms with van der Waals surface area (Å²) in [6.45, 7) is 5.22. The number of ether oxygens (including phenoxy) is 1. The van der Waals surface area contributed by atoms with Crippen LogP contribution in [0.1, 0.15) is 26.2 Å². The molecule has 68 valence electrons. The maximum absolute atomic E-state index is 5.52. The molecule has 0 bridgehead atoms. The van der Waals surface area contributed by atoms with Crippen LogP contribution in [0.5, 0.6) is 0 Å². The number of rotatable bonds is 1. The van der Waals surface area contributed by atoms with E-state index in [-0.39, 0.29) is 0 Å². The van der Waals surface area contributed by atoms with Crippen molar-refractivity contribution in [2.45, 2.75) is 32.2 Å². The molecule has 3 nitrogen and oxygen atoms in total. The number of amidine groups is 1. The van der Waals surface area contributed by atoms with Crippen molar-refractivity contribution in [3.8, 4) is 0 Å². The summed E-state index contributed by atoms with van der Waals surface area (Å²) in [7, 11) is 0. The molecule has 2 aliphatic rings. The first-order valence-electron chi connectivity index (χ1n) is 4.85. The summed E-state index contributed by atoms with van der Waals surface area (Å²) in [6, 6.07) is 1.32. The summed E-state index contributed by atoms with van der Waals surface area (Å²) in [5, 5.41) is 0. The van der Waals surface area contributed by atoms with Gasteiger partial charge in [-0.25, -0.2) is 4.99 Å². The Morgan fingerprint density at radius 3 is 2.83 bits per heavy atom. The van der Waals surface area contributed by atoms with E-state index in [0.717, 1.165) is 32.1 Å². The summed E-state index contributed by atoms with van der Waals surface area (Å²) >= 11 is 0. The fourth-order valence-corrected chi connectivity index (χ4v) is 1.69. The number of hydrogen-bond donors (Lipinski definition) is 0. The maximum Gasteiger partial charge on any atom is 0.287 e. The van der Waals surface area contributed by atoms with Crippen molar-refractivity contribution in [2.24, 2.45) is 4.99 Å². The smallest absolute Gasteiger partial charge is 0.287 e. The average Bonchev–Trinajstić information content (AvgIpc) is 2.75. The molecule has 1 fully saturated rings. The lowest BCUT2D eigenvalue weighted by molar-refractivity contribution is 0.265. The Labute approximate surface area is 73.4 Å². The number of likely N-dealkylation sites (tertiary alicyclic amines) is 1. The zero-order chi connectivity index (χ0) is 8.39. The minimum atomic E-state index is 0.417. The molecule has 2 aliphatic heterocycles. The van der Waals surface area contributed by atoms with E-state index in [4.69, 9.17) is 4.74 Å². The Hall–Kier alpha value is -0.730. The van der Waals surface area contributed by atoms with E-state index in [0.29, 0.717) is 6.04 Å². The standard InChI is InChI=1S/C9H16N2O/c1-2-8-7-12-9(10-8)11-5-3-4-6-11/h8H,2-7H2,1H3/t8-/m1/s1. The van der Waals surface area contributed by atoms with Gasteiger partial charge in [-0.1, -0.05) is 6.92 Å². The second-order valence-electron chi connectivity index (χ2n) is 3.48. The molecule has 2 rings (SSSR count). The molecule has 0 saturated carbocycles. The molecular weight excluding hydrogens is 152 g/mol. The van der Waals surface area contributed by atoms with Gasteiger partial charge in [-0.2, -0.15) is 0 Å². The van der Waals surface area contributed by atoms with Crippen LogP contribution in [0, 0.1) is 0 Å². The zero-order valence-corrected chi connectivity index (χ0v) is 7.62. The first-order valence-corrected chi connectivity index (χ1v) is 4.85. The lowest BCUT2D eigenvalue weighted by atomic mass is 10.3. The molecule has 0 unspecified atom stereocenters. The van der Waals surface area contributed by atoms with Crippen LogP contribution >= 0.6 is 0 Å². The third-order valence-electron chi connectivity index (χ3n) is 2.55. The molecule has 0 spiro atoms. The number of aliphatic imine (C=N–C) groups is 1. The largest absolute Gasteiger partial charge is 0.463 e. The molecule has 1 atom stereocenters. The van der Waals surface area contributed by atoms with E-state index in [2.05, 4.69) is 16.8 Å². The third kappa shape index (κ3) is 1.40. The second kappa shape index (κ2) is 3.33. The quantitative estimate of drug-likeness (QED) is 0.588. The first kappa shape index (κ1) is 7.90. The van der Waals surface area contributed by atoms with E-state index < -0.39 is 0 Å². The van der Waals surface area contributed by atoms with Crippen LogP contribution in [0.3, 0.4) is 0 Å². The average molecular weight is 168 g/mol. The molecule has 0 aromatic rings. The van der Waals surface area contributed by atoms with Gasteiger partial charge in [0.1, 0.15) is 6.61 Å². The minimum absolute atomic E-state index is 0.417. The predicted octanol–water partition coefficient (Wildman–Crippen LogP) is 1.25. The van der Waals surface area contributed by atoms with Crippen molar-refractivity contribution in [1.29, 1.82) is 0 Å². The van der Waals surface area contributed by atoms with Crippen molar-refractivity contribution in [3.05, 3.63) is 0 Å². The van der Waals surface area contributed by atoms with E-state index in [1.807, 2.05) is 0 Å².